The van der Waals surface area contributed by atoms with Crippen LogP contribution in [-0.2, 0) is 12.5 Å². The molecule has 0 aliphatic rings. The lowest BCUT2D eigenvalue weighted by atomic mass is 9.86. The maximum absolute atomic E-state index is 11.0. The third-order valence-electron chi connectivity index (χ3n) is 8.70. The van der Waals surface area contributed by atoms with Crippen molar-refractivity contribution in [1.29, 1.82) is 0 Å². The quantitative estimate of drug-likeness (QED) is 0.214. The number of hydrogen-bond donors (Lipinski definition) is 1. The Hall–Kier alpha value is -5.55. The van der Waals surface area contributed by atoms with Gasteiger partial charge in [-0.3, -0.25) is 4.98 Å². The second-order valence-electron chi connectivity index (χ2n) is 12.9. The largest absolute Gasteiger partial charge is 0.507 e. The highest BCUT2D eigenvalue weighted by molar-refractivity contribution is 5.94. The van der Waals surface area contributed by atoms with E-state index in [1.165, 1.54) is 5.56 Å². The number of benzene rings is 4. The summed E-state index contributed by atoms with van der Waals surface area (Å²) in [5.41, 5.74) is 12.8. The van der Waals surface area contributed by atoms with Gasteiger partial charge in [-0.1, -0.05) is 87.5 Å². The molecule has 0 aliphatic carbocycles. The van der Waals surface area contributed by atoms with Crippen LogP contribution >= 0.6 is 0 Å². The summed E-state index contributed by atoms with van der Waals surface area (Å²) < 4.78 is 1.97. The van der Waals surface area contributed by atoms with E-state index < -0.39 is 0 Å². The zero-order valence-corrected chi connectivity index (χ0v) is 26.8. The molecule has 0 bridgehead atoms. The average molecular weight is 601 g/mol. The fourth-order valence-electron chi connectivity index (χ4n) is 6.07. The number of phenolic OH excluding ortho intramolecular Hbond substituents is 1. The number of pyridine rings is 2. The Morgan fingerprint density at radius 2 is 1.30 bits per heavy atom. The molecule has 1 N–H and O–H groups in total. The number of aromatic nitrogens is 4. The summed E-state index contributed by atoms with van der Waals surface area (Å²) in [6.45, 7) is 8.61. The molecular weight excluding hydrogens is 564 g/mol. The van der Waals surface area contributed by atoms with Gasteiger partial charge in [-0.05, 0) is 93.7 Å². The molecule has 46 heavy (non-hydrogen) atoms. The molecule has 3 aromatic heterocycles. The van der Waals surface area contributed by atoms with E-state index in [-0.39, 0.29) is 11.2 Å². The van der Waals surface area contributed by atoms with Crippen molar-refractivity contribution in [2.24, 2.45) is 7.05 Å². The summed E-state index contributed by atoms with van der Waals surface area (Å²) in [4.78, 5) is 14.8. The van der Waals surface area contributed by atoms with Gasteiger partial charge in [0.1, 0.15) is 17.1 Å². The van der Waals surface area contributed by atoms with E-state index in [2.05, 4.69) is 100 Å². The van der Waals surface area contributed by atoms with Crippen molar-refractivity contribution in [3.05, 3.63) is 133 Å². The fraction of sp³-hybridized carbons (Fsp3) is 0.146. The Bertz CT molecular complexity index is 2210. The molecule has 3 heterocycles. The van der Waals surface area contributed by atoms with Crippen LogP contribution in [0.15, 0.2) is 122 Å². The highest BCUT2D eigenvalue weighted by Crippen LogP contribution is 2.39. The highest BCUT2D eigenvalue weighted by Gasteiger charge is 2.21. The van der Waals surface area contributed by atoms with Gasteiger partial charge in [0.05, 0.1) is 11.3 Å². The molecule has 7 rings (SSSR count). The van der Waals surface area contributed by atoms with Crippen molar-refractivity contribution < 1.29 is 5.11 Å². The van der Waals surface area contributed by atoms with Gasteiger partial charge in [0.15, 0.2) is 5.65 Å². The van der Waals surface area contributed by atoms with E-state index in [0.717, 1.165) is 61.4 Å². The van der Waals surface area contributed by atoms with E-state index in [4.69, 9.17) is 15.0 Å². The zero-order valence-electron chi connectivity index (χ0n) is 26.8. The number of imidazole rings is 1. The summed E-state index contributed by atoms with van der Waals surface area (Å²) in [6, 6.07) is 37.5. The molecule has 0 saturated heterocycles. The lowest BCUT2D eigenvalue weighted by molar-refractivity contribution is 0.475. The number of aryl methyl sites for hydroxylation is 2. The first kappa shape index (κ1) is 29.2. The van der Waals surface area contributed by atoms with Crippen LogP contribution in [0.2, 0.25) is 0 Å². The summed E-state index contributed by atoms with van der Waals surface area (Å²) in [6.07, 6.45) is 3.79. The predicted molar refractivity (Wildman–Crippen MR) is 189 cm³/mol. The fourth-order valence-corrected chi connectivity index (χ4v) is 6.07. The minimum atomic E-state index is -0.0743. The number of nitrogens with zero attached hydrogens (tertiary/aromatic N) is 4. The van der Waals surface area contributed by atoms with Crippen molar-refractivity contribution in [3.63, 3.8) is 0 Å². The SMILES string of the molecule is Cc1cnc(-c2cc(-c3ccccc3)cc(-c3ccnc4c3nc(-c3cc(C(C)(C)C)ccc3O)n4C)c2)cc1-c1ccccc1. The monoisotopic (exact) mass is 600 g/mol. The van der Waals surface area contributed by atoms with Gasteiger partial charge < -0.3 is 9.67 Å². The van der Waals surface area contributed by atoms with Crippen LogP contribution in [0.5, 0.6) is 5.75 Å². The number of hydrogen-bond acceptors (Lipinski definition) is 4. The van der Waals surface area contributed by atoms with Crippen molar-refractivity contribution >= 4 is 11.2 Å². The molecule has 0 unspecified atom stereocenters. The Balaban J connectivity index is 1.43. The first-order valence-electron chi connectivity index (χ1n) is 15.6. The van der Waals surface area contributed by atoms with E-state index in [1.807, 2.05) is 54.3 Å². The summed E-state index contributed by atoms with van der Waals surface area (Å²) in [5.74, 6) is 0.867. The minimum Gasteiger partial charge on any atom is -0.507 e. The van der Waals surface area contributed by atoms with Crippen LogP contribution in [0.25, 0.3) is 67.2 Å². The number of rotatable bonds is 5. The Morgan fingerprint density at radius 3 is 2.02 bits per heavy atom. The molecule has 0 radical (unpaired) electrons. The standard InChI is InChI=1S/C41H36N4O/c1-26-25-43-36(24-34(26)28-14-10-7-11-15-28)31-21-29(27-12-8-6-9-13-27)20-30(22-31)33-18-19-42-40-38(33)44-39(45(40)5)35-23-32(41(2,3)4)16-17-37(35)46/h6-25,46H,1-5H3. The van der Waals surface area contributed by atoms with E-state index >= 15 is 0 Å². The number of phenols is 1. The smallest absolute Gasteiger partial charge is 0.160 e. The summed E-state index contributed by atoms with van der Waals surface area (Å²) in [7, 11) is 1.96. The van der Waals surface area contributed by atoms with Crippen LogP contribution in [0.1, 0.15) is 31.9 Å². The number of fused-ring (bicyclic) bond motifs is 1. The van der Waals surface area contributed by atoms with Gasteiger partial charge in [-0.2, -0.15) is 0 Å². The molecule has 5 heteroatoms. The lowest BCUT2D eigenvalue weighted by Crippen LogP contribution is -2.11. The average Bonchev–Trinajstić information content (AvgIpc) is 3.41. The highest BCUT2D eigenvalue weighted by atomic mass is 16.3. The van der Waals surface area contributed by atoms with E-state index in [0.29, 0.717) is 11.4 Å². The van der Waals surface area contributed by atoms with Gasteiger partial charge in [0.2, 0.25) is 0 Å². The third-order valence-corrected chi connectivity index (χ3v) is 8.70. The zero-order chi connectivity index (χ0) is 32.0. The molecule has 7 aromatic rings. The second-order valence-corrected chi connectivity index (χ2v) is 12.9. The van der Waals surface area contributed by atoms with Crippen LogP contribution in [0, 0.1) is 6.92 Å². The number of aromatic hydroxyl groups is 1. The molecule has 0 saturated carbocycles. The van der Waals surface area contributed by atoms with Crippen molar-refractivity contribution in [3.8, 4) is 61.8 Å². The molecule has 0 fully saturated rings. The van der Waals surface area contributed by atoms with Crippen molar-refractivity contribution in [2.45, 2.75) is 33.1 Å². The maximum Gasteiger partial charge on any atom is 0.160 e. The van der Waals surface area contributed by atoms with Gasteiger partial charge in [-0.25, -0.2) is 9.97 Å². The Labute approximate surface area is 269 Å². The maximum atomic E-state index is 11.0. The topological polar surface area (TPSA) is 63.8 Å². The molecule has 0 aliphatic heterocycles. The van der Waals surface area contributed by atoms with E-state index in [9.17, 15) is 5.11 Å². The Morgan fingerprint density at radius 1 is 0.630 bits per heavy atom. The van der Waals surface area contributed by atoms with Crippen LogP contribution in [-0.4, -0.2) is 24.6 Å². The molecule has 0 spiro atoms. The van der Waals surface area contributed by atoms with Crippen LogP contribution in [0.4, 0.5) is 0 Å². The molecular formula is C41H36N4O. The normalized spacial score (nSPS) is 11.7. The van der Waals surface area contributed by atoms with Crippen molar-refractivity contribution in [2.75, 3.05) is 0 Å². The van der Waals surface area contributed by atoms with Gasteiger partial charge in [0, 0.05) is 30.6 Å². The minimum absolute atomic E-state index is 0.0743. The van der Waals surface area contributed by atoms with Crippen LogP contribution < -0.4 is 0 Å². The summed E-state index contributed by atoms with van der Waals surface area (Å²) >= 11 is 0. The molecule has 0 amide bonds. The molecule has 0 atom stereocenters. The predicted octanol–water partition coefficient (Wildman–Crippen LogP) is 10.0. The van der Waals surface area contributed by atoms with Gasteiger partial charge >= 0.3 is 0 Å². The van der Waals surface area contributed by atoms with Gasteiger partial charge in [-0.15, -0.1) is 0 Å². The Kier molecular flexibility index (Phi) is 7.25. The second kappa shape index (κ2) is 11.4. The lowest BCUT2D eigenvalue weighted by Gasteiger charge is -2.20. The first-order chi connectivity index (χ1) is 22.2. The molecule has 5 nitrogen and oxygen atoms in total. The van der Waals surface area contributed by atoms with E-state index in [1.54, 1.807) is 6.07 Å². The third kappa shape index (κ3) is 5.34. The van der Waals surface area contributed by atoms with Crippen LogP contribution in [0.3, 0.4) is 0 Å². The first-order valence-corrected chi connectivity index (χ1v) is 15.6. The van der Waals surface area contributed by atoms with Crippen molar-refractivity contribution in [1.82, 2.24) is 19.5 Å². The molecule has 226 valence electrons. The summed E-state index contributed by atoms with van der Waals surface area (Å²) in [5, 5.41) is 11.0. The molecule has 4 aromatic carbocycles. The van der Waals surface area contributed by atoms with Gasteiger partial charge in [0.25, 0.3) is 0 Å².